The van der Waals surface area contributed by atoms with Gasteiger partial charge in [-0.05, 0) is 42.7 Å². The molecule has 4 heteroatoms. The molecule has 0 aliphatic carbocycles. The Hall–Kier alpha value is -2.62. The second-order valence-electron chi connectivity index (χ2n) is 4.89. The first-order valence-corrected chi connectivity index (χ1v) is 6.44. The van der Waals surface area contributed by atoms with Crippen molar-refractivity contribution in [3.8, 4) is 11.1 Å². The average Bonchev–Trinajstić information content (AvgIpc) is 2.80. The lowest BCUT2D eigenvalue weighted by molar-refractivity contribution is -0.105. The maximum absolute atomic E-state index is 10.5. The van der Waals surface area contributed by atoms with Gasteiger partial charge in [0.25, 0.3) is 0 Å². The molecule has 0 atom stereocenters. The average molecular weight is 265 g/mol. The number of pyridine rings is 1. The number of anilines is 1. The van der Waals surface area contributed by atoms with Gasteiger partial charge in [-0.2, -0.15) is 0 Å². The number of aromatic nitrogens is 2. The molecule has 0 saturated heterocycles. The van der Waals surface area contributed by atoms with E-state index < -0.39 is 0 Å². The third-order valence-corrected chi connectivity index (χ3v) is 3.35. The molecule has 20 heavy (non-hydrogen) atoms. The van der Waals surface area contributed by atoms with Gasteiger partial charge in [-0.15, -0.1) is 0 Å². The number of imidazole rings is 1. The summed E-state index contributed by atoms with van der Waals surface area (Å²) in [5.74, 6) is 0.553. The monoisotopic (exact) mass is 265 g/mol. The number of aryl methyl sites for hydroxylation is 2. The highest BCUT2D eigenvalue weighted by Crippen LogP contribution is 2.25. The van der Waals surface area contributed by atoms with E-state index in [2.05, 4.69) is 42.3 Å². The first-order valence-electron chi connectivity index (χ1n) is 6.44. The zero-order valence-electron chi connectivity index (χ0n) is 11.4. The van der Waals surface area contributed by atoms with Crippen LogP contribution in [0.3, 0.4) is 0 Å². The maximum Gasteiger partial charge on any atom is 0.212 e. The molecule has 0 unspecified atom stereocenters. The van der Waals surface area contributed by atoms with Crippen molar-refractivity contribution in [3.63, 3.8) is 0 Å². The summed E-state index contributed by atoms with van der Waals surface area (Å²) in [6.07, 6.45) is 4.46. The Bertz CT molecular complexity index is 790. The fraction of sp³-hybridized carbons (Fsp3) is 0.125. The van der Waals surface area contributed by atoms with E-state index in [1.807, 2.05) is 22.7 Å². The van der Waals surface area contributed by atoms with Crippen LogP contribution in [0.4, 0.5) is 5.82 Å². The molecule has 0 bridgehead atoms. The van der Waals surface area contributed by atoms with Crippen LogP contribution < -0.4 is 5.32 Å². The number of carbonyl (C=O) groups is 1. The summed E-state index contributed by atoms with van der Waals surface area (Å²) in [6.45, 7) is 4.20. The number of rotatable bonds is 3. The van der Waals surface area contributed by atoms with Gasteiger partial charge in [0.1, 0.15) is 5.65 Å². The Labute approximate surface area is 117 Å². The molecular weight excluding hydrogens is 250 g/mol. The van der Waals surface area contributed by atoms with Crippen LogP contribution >= 0.6 is 0 Å². The Morgan fingerprint density at radius 3 is 2.75 bits per heavy atom. The molecule has 100 valence electrons. The minimum Gasteiger partial charge on any atom is -0.312 e. The summed E-state index contributed by atoms with van der Waals surface area (Å²) in [4.78, 5) is 14.8. The first kappa shape index (κ1) is 12.4. The molecule has 1 amide bonds. The van der Waals surface area contributed by atoms with Gasteiger partial charge in [0, 0.05) is 6.20 Å². The van der Waals surface area contributed by atoms with Crippen LogP contribution in [0, 0.1) is 13.8 Å². The van der Waals surface area contributed by atoms with Gasteiger partial charge in [0.2, 0.25) is 6.41 Å². The standard InChI is InChI=1S/C16H15N3O/c1-11-3-5-14(12(2)7-11)13-4-6-16-18-15(17-10-20)9-19(16)8-13/h3-10H,1-2H3,(H,17,20). The molecule has 2 aromatic heterocycles. The zero-order chi connectivity index (χ0) is 14.1. The Kier molecular flexibility index (Phi) is 2.99. The van der Waals surface area contributed by atoms with Crippen molar-refractivity contribution in [2.75, 3.05) is 5.32 Å². The number of hydrogen-bond acceptors (Lipinski definition) is 2. The molecule has 0 aliphatic heterocycles. The lowest BCUT2D eigenvalue weighted by atomic mass is 10.0. The summed E-state index contributed by atoms with van der Waals surface area (Å²) in [5.41, 5.74) is 5.65. The van der Waals surface area contributed by atoms with Crippen molar-refractivity contribution in [2.24, 2.45) is 0 Å². The van der Waals surface area contributed by atoms with Crippen LogP contribution in [0.5, 0.6) is 0 Å². The van der Waals surface area contributed by atoms with Gasteiger partial charge in [-0.3, -0.25) is 4.79 Å². The van der Waals surface area contributed by atoms with Crippen molar-refractivity contribution < 1.29 is 4.79 Å². The molecule has 0 spiro atoms. The number of hydrogen-bond donors (Lipinski definition) is 1. The normalized spacial score (nSPS) is 10.7. The second-order valence-corrected chi connectivity index (χ2v) is 4.89. The second kappa shape index (κ2) is 4.81. The number of nitrogens with zero attached hydrogens (tertiary/aromatic N) is 2. The lowest BCUT2D eigenvalue weighted by Gasteiger charge is -2.07. The van der Waals surface area contributed by atoms with E-state index in [0.29, 0.717) is 12.2 Å². The predicted octanol–water partition coefficient (Wildman–Crippen LogP) is 3.19. The first-order chi connectivity index (χ1) is 9.67. The topological polar surface area (TPSA) is 46.4 Å². The molecule has 4 nitrogen and oxygen atoms in total. The molecule has 3 aromatic rings. The number of benzene rings is 1. The van der Waals surface area contributed by atoms with E-state index >= 15 is 0 Å². The summed E-state index contributed by atoms with van der Waals surface area (Å²) < 4.78 is 1.92. The minimum absolute atomic E-state index is 0.553. The number of fused-ring (bicyclic) bond motifs is 1. The third kappa shape index (κ3) is 2.16. The smallest absolute Gasteiger partial charge is 0.212 e. The van der Waals surface area contributed by atoms with E-state index in [1.165, 1.54) is 16.7 Å². The third-order valence-electron chi connectivity index (χ3n) is 3.35. The van der Waals surface area contributed by atoms with Crippen LogP contribution in [0.1, 0.15) is 11.1 Å². The fourth-order valence-corrected chi connectivity index (χ4v) is 2.42. The largest absolute Gasteiger partial charge is 0.312 e. The number of amides is 1. The van der Waals surface area contributed by atoms with Crippen LogP contribution in [0.15, 0.2) is 42.7 Å². The molecule has 1 aromatic carbocycles. The van der Waals surface area contributed by atoms with Gasteiger partial charge < -0.3 is 9.72 Å². The molecule has 0 aliphatic rings. The van der Waals surface area contributed by atoms with Crippen molar-refractivity contribution >= 4 is 17.9 Å². The summed E-state index contributed by atoms with van der Waals surface area (Å²) in [7, 11) is 0. The van der Waals surface area contributed by atoms with Gasteiger partial charge >= 0.3 is 0 Å². The summed E-state index contributed by atoms with van der Waals surface area (Å²) >= 11 is 0. The van der Waals surface area contributed by atoms with E-state index in [1.54, 1.807) is 6.20 Å². The van der Waals surface area contributed by atoms with Crippen LogP contribution in [-0.4, -0.2) is 15.8 Å². The highest BCUT2D eigenvalue weighted by molar-refractivity contribution is 5.72. The quantitative estimate of drug-likeness (QED) is 0.739. The molecule has 2 heterocycles. The molecule has 0 fully saturated rings. The molecule has 3 rings (SSSR count). The zero-order valence-corrected chi connectivity index (χ0v) is 11.4. The Morgan fingerprint density at radius 1 is 1.15 bits per heavy atom. The number of nitrogens with one attached hydrogen (secondary N) is 1. The van der Waals surface area contributed by atoms with Crippen molar-refractivity contribution in [1.29, 1.82) is 0 Å². The highest BCUT2D eigenvalue weighted by Gasteiger charge is 2.05. The van der Waals surface area contributed by atoms with Crippen LogP contribution in [-0.2, 0) is 4.79 Å². The molecule has 0 radical (unpaired) electrons. The summed E-state index contributed by atoms with van der Waals surface area (Å²) in [5, 5.41) is 2.56. The van der Waals surface area contributed by atoms with Crippen LogP contribution in [0.2, 0.25) is 0 Å². The molecular formula is C16H15N3O. The Balaban J connectivity index is 2.09. The van der Waals surface area contributed by atoms with Crippen molar-refractivity contribution in [2.45, 2.75) is 13.8 Å². The summed E-state index contributed by atoms with van der Waals surface area (Å²) in [6, 6.07) is 10.4. The van der Waals surface area contributed by atoms with Gasteiger partial charge in [-0.1, -0.05) is 23.8 Å². The van der Waals surface area contributed by atoms with Crippen molar-refractivity contribution in [3.05, 3.63) is 53.9 Å². The molecule has 0 saturated carbocycles. The maximum atomic E-state index is 10.5. The SMILES string of the molecule is Cc1ccc(-c2ccc3nc(NC=O)cn3c2)c(C)c1. The highest BCUT2D eigenvalue weighted by atomic mass is 16.1. The Morgan fingerprint density at radius 2 is 2.00 bits per heavy atom. The number of carbonyl (C=O) groups excluding carboxylic acids is 1. The fourth-order valence-electron chi connectivity index (χ4n) is 2.42. The van der Waals surface area contributed by atoms with Gasteiger partial charge in [0.05, 0.1) is 6.20 Å². The predicted molar refractivity (Wildman–Crippen MR) is 79.8 cm³/mol. The minimum atomic E-state index is 0.553. The van der Waals surface area contributed by atoms with E-state index in [9.17, 15) is 4.79 Å². The van der Waals surface area contributed by atoms with Gasteiger partial charge in [-0.25, -0.2) is 4.98 Å². The van der Waals surface area contributed by atoms with Crippen LogP contribution in [0.25, 0.3) is 16.8 Å². The van der Waals surface area contributed by atoms with E-state index in [4.69, 9.17) is 0 Å². The van der Waals surface area contributed by atoms with E-state index in [0.717, 1.165) is 11.2 Å². The van der Waals surface area contributed by atoms with Crippen molar-refractivity contribution in [1.82, 2.24) is 9.38 Å². The molecule has 1 N–H and O–H groups in total. The van der Waals surface area contributed by atoms with Gasteiger partial charge in [0.15, 0.2) is 5.82 Å². The lowest BCUT2D eigenvalue weighted by Crippen LogP contribution is -1.92. The van der Waals surface area contributed by atoms with E-state index in [-0.39, 0.29) is 0 Å².